The normalized spacial score (nSPS) is 14.2. The second-order valence-electron chi connectivity index (χ2n) is 8.00. The van der Waals surface area contributed by atoms with Crippen LogP contribution < -0.4 is 10.9 Å². The first-order valence-electron chi connectivity index (χ1n) is 10.9. The molecule has 32 heavy (non-hydrogen) atoms. The number of nitrogens with one attached hydrogen (secondary N) is 1. The summed E-state index contributed by atoms with van der Waals surface area (Å²) in [4.78, 5) is 36.7. The van der Waals surface area contributed by atoms with Crippen LogP contribution in [-0.4, -0.2) is 50.2 Å². The number of hydrogen-bond donors (Lipinski definition) is 1. The van der Waals surface area contributed by atoms with Crippen molar-refractivity contribution in [2.45, 2.75) is 25.9 Å². The molecule has 5 rings (SSSR count). The number of para-hydroxylation sites is 2. The van der Waals surface area contributed by atoms with Crippen molar-refractivity contribution in [2.75, 3.05) is 19.6 Å². The van der Waals surface area contributed by atoms with Crippen LogP contribution in [0.4, 0.5) is 0 Å². The van der Waals surface area contributed by atoms with Crippen LogP contribution in [0.2, 0.25) is 0 Å². The molecule has 1 N–H and O–H groups in total. The van der Waals surface area contributed by atoms with Crippen molar-refractivity contribution in [1.82, 2.24) is 30.0 Å². The number of aromatic nitrogens is 4. The predicted molar refractivity (Wildman–Crippen MR) is 122 cm³/mol. The second kappa shape index (κ2) is 8.84. The van der Waals surface area contributed by atoms with Crippen molar-refractivity contribution < 1.29 is 4.79 Å². The lowest BCUT2D eigenvalue weighted by molar-refractivity contribution is 0.0945. The average Bonchev–Trinajstić information content (AvgIpc) is 3.36. The maximum atomic E-state index is 12.9. The Hall–Kier alpha value is -3.65. The highest BCUT2D eigenvalue weighted by Gasteiger charge is 2.15. The fourth-order valence-corrected chi connectivity index (χ4v) is 4.15. The first-order chi connectivity index (χ1) is 15.7. The molecule has 3 heterocycles. The first kappa shape index (κ1) is 20.3. The molecule has 1 saturated heterocycles. The Balaban J connectivity index is 1.39. The zero-order chi connectivity index (χ0) is 21.9. The topological polar surface area (TPSA) is 93.0 Å². The number of likely N-dealkylation sites (tertiary alicyclic amines) is 1. The lowest BCUT2D eigenvalue weighted by Crippen LogP contribution is -2.32. The number of carbonyl (C=O) groups is 1. The molecule has 0 saturated carbocycles. The fraction of sp³-hybridized carbons (Fsp3) is 0.292. The molecule has 0 aliphatic carbocycles. The molecule has 1 fully saturated rings. The van der Waals surface area contributed by atoms with Gasteiger partial charge in [-0.1, -0.05) is 30.3 Å². The summed E-state index contributed by atoms with van der Waals surface area (Å²) in [5.74, 6) is -0.330. The van der Waals surface area contributed by atoms with E-state index in [0.29, 0.717) is 23.1 Å². The van der Waals surface area contributed by atoms with E-state index in [1.54, 1.807) is 0 Å². The molecule has 1 aliphatic rings. The van der Waals surface area contributed by atoms with Gasteiger partial charge in [-0.25, -0.2) is 9.67 Å². The monoisotopic (exact) mass is 428 g/mol. The highest BCUT2D eigenvalue weighted by molar-refractivity contribution is 5.94. The zero-order valence-electron chi connectivity index (χ0n) is 17.7. The summed E-state index contributed by atoms with van der Waals surface area (Å²) in [6.45, 7) is 3.65. The minimum atomic E-state index is -0.330. The summed E-state index contributed by atoms with van der Waals surface area (Å²) in [6, 6.07) is 14.8. The van der Waals surface area contributed by atoms with Gasteiger partial charge < -0.3 is 10.2 Å². The van der Waals surface area contributed by atoms with Gasteiger partial charge in [0, 0.05) is 11.9 Å². The van der Waals surface area contributed by atoms with Gasteiger partial charge in [-0.3, -0.25) is 14.6 Å². The Kier molecular flexibility index (Phi) is 5.60. The van der Waals surface area contributed by atoms with Crippen LogP contribution in [0.25, 0.3) is 21.8 Å². The molecule has 1 amide bonds. The van der Waals surface area contributed by atoms with Gasteiger partial charge in [0.05, 0.1) is 41.4 Å². The first-order valence-corrected chi connectivity index (χ1v) is 10.9. The van der Waals surface area contributed by atoms with Crippen LogP contribution >= 0.6 is 0 Å². The van der Waals surface area contributed by atoms with Gasteiger partial charge >= 0.3 is 0 Å². The van der Waals surface area contributed by atoms with Crippen molar-refractivity contribution in [3.8, 4) is 0 Å². The summed E-state index contributed by atoms with van der Waals surface area (Å²) in [5, 5.41) is 8.85. The van der Waals surface area contributed by atoms with Gasteiger partial charge in [-0.05, 0) is 44.1 Å². The van der Waals surface area contributed by atoms with E-state index >= 15 is 0 Å². The van der Waals surface area contributed by atoms with E-state index in [-0.39, 0.29) is 23.7 Å². The number of benzene rings is 2. The van der Waals surface area contributed by atoms with E-state index in [4.69, 9.17) is 0 Å². The average molecular weight is 428 g/mol. The minimum absolute atomic E-state index is 0.102. The number of carbonyl (C=O) groups excluding carboxylic acids is 1. The van der Waals surface area contributed by atoms with Crippen LogP contribution in [0.3, 0.4) is 0 Å². The SMILES string of the molecule is O=C(NCc1nn(CCN2CCCC2)c(=O)c2ccccc12)c1cnc2ccccc2n1. The largest absolute Gasteiger partial charge is 0.345 e. The predicted octanol–water partition coefficient (Wildman–Crippen LogP) is 2.37. The molecule has 8 heteroatoms. The molecule has 0 radical (unpaired) electrons. The third-order valence-corrected chi connectivity index (χ3v) is 5.87. The zero-order valence-corrected chi connectivity index (χ0v) is 17.7. The third kappa shape index (κ3) is 4.09. The summed E-state index contributed by atoms with van der Waals surface area (Å²) in [6.07, 6.45) is 3.88. The number of nitrogens with zero attached hydrogens (tertiary/aromatic N) is 5. The van der Waals surface area contributed by atoms with Crippen molar-refractivity contribution >= 4 is 27.7 Å². The van der Waals surface area contributed by atoms with E-state index in [1.807, 2.05) is 48.5 Å². The Morgan fingerprint density at radius 3 is 2.47 bits per heavy atom. The van der Waals surface area contributed by atoms with Crippen LogP contribution in [0, 0.1) is 0 Å². The van der Waals surface area contributed by atoms with Gasteiger partial charge in [0.2, 0.25) is 0 Å². The Morgan fingerprint density at radius 1 is 0.938 bits per heavy atom. The van der Waals surface area contributed by atoms with Crippen LogP contribution in [0.1, 0.15) is 29.0 Å². The van der Waals surface area contributed by atoms with E-state index < -0.39 is 0 Å². The van der Waals surface area contributed by atoms with Gasteiger partial charge in [-0.15, -0.1) is 0 Å². The lowest BCUT2D eigenvalue weighted by atomic mass is 10.1. The van der Waals surface area contributed by atoms with Crippen molar-refractivity contribution in [3.05, 3.63) is 76.5 Å². The highest BCUT2D eigenvalue weighted by atomic mass is 16.2. The number of fused-ring (bicyclic) bond motifs is 2. The summed E-state index contributed by atoms with van der Waals surface area (Å²) >= 11 is 0. The lowest BCUT2D eigenvalue weighted by Gasteiger charge is -2.16. The van der Waals surface area contributed by atoms with E-state index in [2.05, 4.69) is 25.3 Å². The van der Waals surface area contributed by atoms with E-state index in [9.17, 15) is 9.59 Å². The van der Waals surface area contributed by atoms with Crippen molar-refractivity contribution in [2.24, 2.45) is 0 Å². The van der Waals surface area contributed by atoms with Crippen molar-refractivity contribution in [3.63, 3.8) is 0 Å². The second-order valence-corrected chi connectivity index (χ2v) is 8.00. The Labute approximate surface area is 184 Å². The van der Waals surface area contributed by atoms with Gasteiger partial charge in [0.15, 0.2) is 0 Å². The molecule has 2 aromatic carbocycles. The van der Waals surface area contributed by atoms with Crippen LogP contribution in [0.5, 0.6) is 0 Å². The summed E-state index contributed by atoms with van der Waals surface area (Å²) < 4.78 is 1.53. The summed E-state index contributed by atoms with van der Waals surface area (Å²) in [7, 11) is 0. The molecule has 4 aromatic rings. The van der Waals surface area contributed by atoms with E-state index in [1.165, 1.54) is 23.7 Å². The molecule has 0 spiro atoms. The standard InChI is InChI=1S/C24H24N6O2/c31-23(22-16-25-19-9-3-4-10-20(19)27-22)26-15-21-17-7-1-2-8-18(17)24(32)30(28-21)14-13-29-11-5-6-12-29/h1-4,7-10,16H,5-6,11-15H2,(H,26,31). The molecule has 0 atom stereocenters. The molecule has 8 nitrogen and oxygen atoms in total. The molecule has 162 valence electrons. The van der Waals surface area contributed by atoms with Crippen LogP contribution in [-0.2, 0) is 13.1 Å². The van der Waals surface area contributed by atoms with Gasteiger partial charge in [0.1, 0.15) is 5.69 Å². The minimum Gasteiger partial charge on any atom is -0.345 e. The number of hydrogen-bond acceptors (Lipinski definition) is 6. The maximum absolute atomic E-state index is 12.9. The highest BCUT2D eigenvalue weighted by Crippen LogP contribution is 2.14. The Morgan fingerprint density at radius 2 is 1.66 bits per heavy atom. The fourth-order valence-electron chi connectivity index (χ4n) is 4.15. The van der Waals surface area contributed by atoms with E-state index in [0.717, 1.165) is 30.5 Å². The molecule has 0 unspecified atom stereocenters. The number of rotatable bonds is 6. The third-order valence-electron chi connectivity index (χ3n) is 5.87. The molecular formula is C24H24N6O2. The number of amides is 1. The molecule has 1 aliphatic heterocycles. The smallest absolute Gasteiger partial charge is 0.274 e. The molecule has 0 bridgehead atoms. The Bertz CT molecular complexity index is 1340. The quantitative estimate of drug-likeness (QED) is 0.507. The molecular weight excluding hydrogens is 404 g/mol. The molecule has 2 aromatic heterocycles. The van der Waals surface area contributed by atoms with Crippen LogP contribution in [0.15, 0.2) is 59.5 Å². The van der Waals surface area contributed by atoms with Gasteiger partial charge in [0.25, 0.3) is 11.5 Å². The van der Waals surface area contributed by atoms with Crippen molar-refractivity contribution in [1.29, 1.82) is 0 Å². The van der Waals surface area contributed by atoms with Gasteiger partial charge in [-0.2, -0.15) is 5.10 Å². The summed E-state index contributed by atoms with van der Waals surface area (Å²) in [5.41, 5.74) is 2.20. The maximum Gasteiger partial charge on any atom is 0.274 e.